The predicted octanol–water partition coefficient (Wildman–Crippen LogP) is 4.97. The highest BCUT2D eigenvalue weighted by molar-refractivity contribution is 5.93. The van der Waals surface area contributed by atoms with Gasteiger partial charge in [0.2, 0.25) is 0 Å². The molecule has 4 N–H and O–H groups in total. The summed E-state index contributed by atoms with van der Waals surface area (Å²) in [6.07, 6.45) is 2.49. The van der Waals surface area contributed by atoms with Crippen LogP contribution in [0.15, 0.2) is 60.9 Å². The fourth-order valence-electron chi connectivity index (χ4n) is 3.03. The first-order chi connectivity index (χ1) is 13.6. The third kappa shape index (κ3) is 3.57. The minimum absolute atomic E-state index is 0.451. The molecule has 0 saturated heterocycles. The van der Waals surface area contributed by atoms with E-state index in [1.807, 2.05) is 43.3 Å². The van der Waals surface area contributed by atoms with Crippen molar-refractivity contribution in [1.29, 1.82) is 0 Å². The van der Waals surface area contributed by atoms with E-state index in [0.29, 0.717) is 17.3 Å². The fourth-order valence-corrected chi connectivity index (χ4v) is 3.03. The van der Waals surface area contributed by atoms with Crippen molar-refractivity contribution >= 4 is 39.6 Å². The Labute approximate surface area is 163 Å². The lowest BCUT2D eigenvalue weighted by atomic mass is 10.1. The quantitative estimate of drug-likeness (QED) is 0.460. The number of aryl methyl sites for hydroxylation is 2. The van der Waals surface area contributed by atoms with Gasteiger partial charge >= 0.3 is 0 Å². The van der Waals surface area contributed by atoms with E-state index >= 15 is 0 Å². The molecule has 6 heteroatoms. The van der Waals surface area contributed by atoms with Crippen LogP contribution in [-0.2, 0) is 6.42 Å². The number of fused-ring (bicyclic) bond motifs is 1. The lowest BCUT2D eigenvalue weighted by molar-refractivity contribution is 1.14. The molecular weight excluding hydrogens is 348 g/mol. The smallest absolute Gasteiger partial charge is 0.159 e. The van der Waals surface area contributed by atoms with Gasteiger partial charge in [-0.2, -0.15) is 0 Å². The van der Waals surface area contributed by atoms with Crippen LogP contribution in [0.5, 0.6) is 0 Å². The minimum Gasteiger partial charge on any atom is -0.393 e. The van der Waals surface area contributed by atoms with Crippen LogP contribution in [0.4, 0.5) is 28.7 Å². The number of rotatable bonds is 5. The molecule has 28 heavy (non-hydrogen) atoms. The average molecular weight is 370 g/mol. The van der Waals surface area contributed by atoms with Gasteiger partial charge in [0.1, 0.15) is 12.0 Å². The first-order valence-electron chi connectivity index (χ1n) is 9.24. The largest absolute Gasteiger partial charge is 0.393 e. The number of nitrogen functional groups attached to an aromatic ring is 1. The number of hydrogen-bond acceptors (Lipinski definition) is 6. The molecule has 0 spiro atoms. The van der Waals surface area contributed by atoms with Crippen LogP contribution in [-0.4, -0.2) is 15.0 Å². The fraction of sp³-hybridized carbons (Fsp3) is 0.136. The van der Waals surface area contributed by atoms with Gasteiger partial charge in [-0.3, -0.25) is 4.98 Å². The summed E-state index contributed by atoms with van der Waals surface area (Å²) in [5.74, 6) is 1.10. The molecule has 0 atom stereocenters. The number of nitrogens with one attached hydrogen (secondary N) is 2. The third-order valence-electron chi connectivity index (χ3n) is 4.62. The van der Waals surface area contributed by atoms with E-state index in [9.17, 15) is 0 Å². The first kappa shape index (κ1) is 17.7. The van der Waals surface area contributed by atoms with Crippen LogP contribution in [0.25, 0.3) is 10.9 Å². The van der Waals surface area contributed by atoms with E-state index in [2.05, 4.69) is 50.7 Å². The maximum Gasteiger partial charge on any atom is 0.159 e. The number of anilines is 5. The van der Waals surface area contributed by atoms with Crippen molar-refractivity contribution in [3.05, 3.63) is 72.2 Å². The van der Waals surface area contributed by atoms with Crippen molar-refractivity contribution in [2.75, 3.05) is 16.4 Å². The normalized spacial score (nSPS) is 10.8. The van der Waals surface area contributed by atoms with Crippen molar-refractivity contribution in [3.63, 3.8) is 0 Å². The number of pyridine rings is 1. The zero-order chi connectivity index (χ0) is 19.5. The Morgan fingerprint density at radius 2 is 1.64 bits per heavy atom. The number of benzene rings is 2. The zero-order valence-corrected chi connectivity index (χ0v) is 15.9. The Morgan fingerprint density at radius 3 is 2.39 bits per heavy atom. The van der Waals surface area contributed by atoms with E-state index in [1.165, 1.54) is 11.9 Å². The highest BCUT2D eigenvalue weighted by Gasteiger charge is 2.11. The summed E-state index contributed by atoms with van der Waals surface area (Å²) in [5, 5.41) is 7.63. The minimum atomic E-state index is 0.451. The molecule has 0 aliphatic carbocycles. The number of para-hydroxylation sites is 1. The van der Waals surface area contributed by atoms with Crippen molar-refractivity contribution in [1.82, 2.24) is 15.0 Å². The highest BCUT2D eigenvalue weighted by atomic mass is 15.1. The molecule has 2 heterocycles. The van der Waals surface area contributed by atoms with Crippen LogP contribution in [0.3, 0.4) is 0 Å². The molecule has 6 nitrogen and oxygen atoms in total. The van der Waals surface area contributed by atoms with E-state index < -0.39 is 0 Å². The summed E-state index contributed by atoms with van der Waals surface area (Å²) >= 11 is 0. The second-order valence-corrected chi connectivity index (χ2v) is 6.61. The standard InChI is InChI=1S/C22H22N6/c1-3-15-8-11-17(12-9-15)27-21-19(23)22(25-13-24-21)28-18-6-4-5-16-10-7-14(2)26-20(16)18/h4-13H,3,23H2,1-2H3,(H2,24,25,27,28). The summed E-state index contributed by atoms with van der Waals surface area (Å²) in [5.41, 5.74) is 11.7. The van der Waals surface area contributed by atoms with Gasteiger partial charge in [-0.1, -0.05) is 37.3 Å². The number of hydrogen-bond donors (Lipinski definition) is 3. The van der Waals surface area contributed by atoms with Gasteiger partial charge in [-0.05, 0) is 43.2 Å². The zero-order valence-electron chi connectivity index (χ0n) is 15.9. The van der Waals surface area contributed by atoms with Crippen molar-refractivity contribution < 1.29 is 0 Å². The molecule has 140 valence electrons. The van der Waals surface area contributed by atoms with Gasteiger partial charge in [0.15, 0.2) is 11.6 Å². The number of aromatic nitrogens is 3. The molecule has 0 amide bonds. The second-order valence-electron chi connectivity index (χ2n) is 6.61. The van der Waals surface area contributed by atoms with E-state index in [0.717, 1.165) is 34.4 Å². The SMILES string of the molecule is CCc1ccc(Nc2ncnc(Nc3cccc4ccc(C)nc34)c2N)cc1. The molecule has 0 unspecified atom stereocenters. The average Bonchev–Trinajstić information content (AvgIpc) is 2.72. The van der Waals surface area contributed by atoms with Crippen molar-refractivity contribution in [3.8, 4) is 0 Å². The summed E-state index contributed by atoms with van der Waals surface area (Å²) < 4.78 is 0. The molecule has 0 aliphatic rings. The van der Waals surface area contributed by atoms with Crippen molar-refractivity contribution in [2.45, 2.75) is 20.3 Å². The lowest BCUT2D eigenvalue weighted by Gasteiger charge is -2.14. The predicted molar refractivity (Wildman–Crippen MR) is 115 cm³/mol. The molecule has 0 bridgehead atoms. The molecule has 4 aromatic rings. The Kier molecular flexibility index (Phi) is 4.76. The third-order valence-corrected chi connectivity index (χ3v) is 4.62. The number of nitrogens with two attached hydrogens (primary N) is 1. The Bertz CT molecular complexity index is 1120. The summed E-state index contributed by atoms with van der Waals surface area (Å²) in [6.45, 7) is 4.10. The van der Waals surface area contributed by atoms with Crippen molar-refractivity contribution in [2.24, 2.45) is 0 Å². The monoisotopic (exact) mass is 370 g/mol. The summed E-state index contributed by atoms with van der Waals surface area (Å²) in [4.78, 5) is 13.3. The van der Waals surface area contributed by atoms with Gasteiger partial charge in [-0.25, -0.2) is 9.97 Å². The maximum atomic E-state index is 6.34. The van der Waals surface area contributed by atoms with Crippen LogP contribution in [0.1, 0.15) is 18.2 Å². The second kappa shape index (κ2) is 7.52. The molecule has 4 rings (SSSR count). The highest BCUT2D eigenvalue weighted by Crippen LogP contribution is 2.30. The molecule has 0 aliphatic heterocycles. The van der Waals surface area contributed by atoms with Gasteiger partial charge in [-0.15, -0.1) is 0 Å². The van der Waals surface area contributed by atoms with Gasteiger partial charge in [0.25, 0.3) is 0 Å². The molecule has 2 aromatic heterocycles. The van der Waals surface area contributed by atoms with Crippen LogP contribution in [0, 0.1) is 6.92 Å². The summed E-state index contributed by atoms with van der Waals surface area (Å²) in [7, 11) is 0. The van der Waals surface area contributed by atoms with E-state index in [-0.39, 0.29) is 0 Å². The molecular formula is C22H22N6. The molecule has 0 fully saturated rings. The Morgan fingerprint density at radius 1 is 0.893 bits per heavy atom. The van der Waals surface area contributed by atoms with E-state index in [1.54, 1.807) is 0 Å². The first-order valence-corrected chi connectivity index (χ1v) is 9.24. The summed E-state index contributed by atoms with van der Waals surface area (Å²) in [6, 6.07) is 18.2. The van der Waals surface area contributed by atoms with Gasteiger partial charge in [0, 0.05) is 16.8 Å². The molecule has 2 aromatic carbocycles. The molecule has 0 radical (unpaired) electrons. The number of nitrogens with zero attached hydrogens (tertiary/aromatic N) is 3. The van der Waals surface area contributed by atoms with Crippen LogP contribution < -0.4 is 16.4 Å². The van der Waals surface area contributed by atoms with Gasteiger partial charge in [0.05, 0.1) is 11.2 Å². The topological polar surface area (TPSA) is 88.8 Å². The Balaban J connectivity index is 1.64. The van der Waals surface area contributed by atoms with Crippen LogP contribution >= 0.6 is 0 Å². The van der Waals surface area contributed by atoms with E-state index in [4.69, 9.17) is 5.73 Å². The van der Waals surface area contributed by atoms with Crippen LogP contribution in [0.2, 0.25) is 0 Å². The lowest BCUT2D eigenvalue weighted by Crippen LogP contribution is -2.05. The van der Waals surface area contributed by atoms with Gasteiger partial charge < -0.3 is 16.4 Å². The Hall–Kier alpha value is -3.67. The maximum absolute atomic E-state index is 6.34. The molecule has 0 saturated carbocycles.